The minimum absolute atomic E-state index is 1.37. The second-order valence-corrected chi connectivity index (χ2v) is 8.48. The Hall–Kier alpha value is 1.14. The summed E-state index contributed by atoms with van der Waals surface area (Å²) in [5.74, 6) is 0. The van der Waals surface area contributed by atoms with Crippen molar-refractivity contribution in [3.63, 3.8) is 0 Å². The Morgan fingerprint density at radius 3 is 1.83 bits per heavy atom. The molecule has 1 rings (SSSR count). The first-order valence-corrected chi connectivity index (χ1v) is 7.10. The fraction of sp³-hybridized carbons (Fsp3) is 0. The van der Waals surface area contributed by atoms with Gasteiger partial charge in [-0.3, -0.25) is 0 Å². The van der Waals surface area contributed by atoms with Crippen molar-refractivity contribution < 1.29 is 0 Å². The molecule has 0 spiro atoms. The lowest BCUT2D eigenvalue weighted by atomic mass is 11.3. The van der Waals surface area contributed by atoms with E-state index in [2.05, 4.69) is 6.58 Å². The molecule has 0 aromatic carbocycles. The summed E-state index contributed by atoms with van der Waals surface area (Å²) in [4.78, 5) is 0. The van der Waals surface area contributed by atoms with Gasteiger partial charge in [0, 0.05) is 4.24 Å². The quantitative estimate of drug-likeness (QED) is 0.265. The second kappa shape index (κ2) is 2.45. The monoisotopic (exact) mass is 158 g/mol. The van der Waals surface area contributed by atoms with E-state index >= 15 is 0 Å². The van der Waals surface area contributed by atoms with Crippen LogP contribution in [0.1, 0.15) is 0 Å². The molecule has 0 aliphatic carbocycles. The first kappa shape index (κ1) is 5.28. The van der Waals surface area contributed by atoms with E-state index in [0.717, 1.165) is 0 Å². The maximum atomic E-state index is 3.82. The summed E-state index contributed by atoms with van der Waals surface area (Å²) < 4.78 is 1.37. The highest BCUT2D eigenvalue weighted by Gasteiger charge is 1.78. The predicted octanol–water partition coefficient (Wildman–Crippen LogP) is -0.524. The molecule has 1 aliphatic rings. The van der Waals surface area contributed by atoms with Gasteiger partial charge in [0.1, 0.15) is 0 Å². The first-order chi connectivity index (χ1) is 2.89. The third-order valence-electron chi connectivity index (χ3n) is 0.360. The number of hydrogen-bond donors (Lipinski definition) is 4. The van der Waals surface area contributed by atoms with E-state index < -0.39 is 0 Å². The van der Waals surface area contributed by atoms with Crippen molar-refractivity contribution in [1.29, 1.82) is 0 Å². The lowest BCUT2D eigenvalue weighted by molar-refractivity contribution is 2.56. The summed E-state index contributed by atoms with van der Waals surface area (Å²) in [7, 11) is 5.92. The molecule has 0 fully saturated rings. The van der Waals surface area contributed by atoms with Gasteiger partial charge in [0.15, 0.2) is 0 Å². The molecule has 0 bridgehead atoms. The zero-order valence-corrected chi connectivity index (χ0v) is 6.57. The lowest BCUT2D eigenvalue weighted by Gasteiger charge is -1.72. The minimum atomic E-state index is 1.37. The molecule has 0 unspecified atom stereocenters. The first-order valence-electron chi connectivity index (χ1n) is 1.40. The Morgan fingerprint density at radius 2 is 1.67 bits per heavy atom. The van der Waals surface area contributed by atoms with Crippen LogP contribution >= 0.6 is 0 Å². The molecule has 6 heavy (non-hydrogen) atoms. The number of hydrogen-bond acceptors (Lipinski definition) is 0. The predicted molar refractivity (Wildman–Crippen MR) is 44.2 cm³/mol. The molecule has 0 radical (unpaired) electrons. The highest BCUT2D eigenvalue weighted by atomic mass is 33.5. The Bertz CT molecular complexity index is 108. The van der Waals surface area contributed by atoms with Gasteiger partial charge in [0.05, 0.1) is 0 Å². The van der Waals surface area contributed by atoms with Crippen molar-refractivity contribution in [3.8, 4) is 0 Å². The molecule has 0 N–H and O–H groups in total. The Labute approximate surface area is 50.2 Å². The van der Waals surface area contributed by atoms with Crippen molar-refractivity contribution in [1.82, 2.24) is 0 Å². The molecule has 1 aliphatic heterocycles. The van der Waals surface area contributed by atoms with Crippen LogP contribution in [0.15, 0.2) is 10.8 Å². The van der Waals surface area contributed by atoms with Crippen LogP contribution in [0.5, 0.6) is 0 Å². The second-order valence-electron chi connectivity index (χ2n) is 0.795. The summed E-state index contributed by atoms with van der Waals surface area (Å²) in [6, 6.07) is 0. The smallest absolute Gasteiger partial charge is 0.0275 e. The summed E-state index contributed by atoms with van der Waals surface area (Å²) in [5, 5.41) is 0. The number of rotatable bonds is 0. The molecule has 0 aromatic heterocycles. The molecule has 38 valence electrons. The largest absolute Gasteiger partial charge is 0.133 e. The van der Waals surface area contributed by atoms with Crippen LogP contribution in [0.2, 0.25) is 0 Å². The normalized spacial score (nSPS) is 22.3. The van der Waals surface area contributed by atoms with Crippen molar-refractivity contribution in [2.45, 2.75) is 0 Å². The van der Waals surface area contributed by atoms with Gasteiger partial charge in [0.2, 0.25) is 0 Å². The van der Waals surface area contributed by atoms with E-state index in [4.69, 9.17) is 0 Å². The average molecular weight is 158 g/mol. The lowest BCUT2D eigenvalue weighted by Crippen LogP contribution is -1.58. The van der Waals surface area contributed by atoms with Crippen molar-refractivity contribution in [3.05, 3.63) is 10.8 Å². The van der Waals surface area contributed by atoms with Gasteiger partial charge >= 0.3 is 0 Å². The molecule has 0 atom stereocenters. The summed E-state index contributed by atoms with van der Waals surface area (Å²) >= 11 is 0. The summed E-state index contributed by atoms with van der Waals surface area (Å²) in [5.41, 5.74) is 0. The van der Waals surface area contributed by atoms with Crippen LogP contribution in [0, 0.1) is 0 Å². The van der Waals surface area contributed by atoms with E-state index in [1.807, 2.05) is 0 Å². The average Bonchev–Trinajstić information content (AvgIpc) is 1.86. The maximum Gasteiger partial charge on any atom is 0.0275 e. The topological polar surface area (TPSA) is 0 Å². The van der Waals surface area contributed by atoms with Crippen LogP contribution in [-0.2, 0) is 39.3 Å². The van der Waals surface area contributed by atoms with Gasteiger partial charge in [-0.1, -0.05) is 6.58 Å². The highest BCUT2D eigenvalue weighted by molar-refractivity contribution is 8.83. The maximum absolute atomic E-state index is 3.82. The number of thiol groups is 4. The molecule has 1 heterocycles. The highest BCUT2D eigenvalue weighted by Crippen LogP contribution is 1.91. The molecule has 4 heteroatoms. The zero-order chi connectivity index (χ0) is 4.41. The standard InChI is InChI=1S/C2H6S4/c1-2-3-5-6-4-2/h3-6H,1H2. The van der Waals surface area contributed by atoms with E-state index in [-0.39, 0.29) is 0 Å². The summed E-state index contributed by atoms with van der Waals surface area (Å²) in [6.07, 6.45) is 0. The van der Waals surface area contributed by atoms with Crippen molar-refractivity contribution >= 4 is 39.3 Å². The van der Waals surface area contributed by atoms with Gasteiger partial charge in [-0.15, -0.1) is 39.3 Å². The van der Waals surface area contributed by atoms with Crippen LogP contribution < -0.4 is 0 Å². The Kier molecular flexibility index (Phi) is 2.15. The molecule has 0 nitrogen and oxygen atoms in total. The Morgan fingerprint density at radius 1 is 1.17 bits per heavy atom. The molecule has 0 aromatic rings. The van der Waals surface area contributed by atoms with Crippen LogP contribution in [0.25, 0.3) is 0 Å². The van der Waals surface area contributed by atoms with Crippen LogP contribution in [-0.4, -0.2) is 0 Å². The van der Waals surface area contributed by atoms with Crippen molar-refractivity contribution in [2.75, 3.05) is 0 Å². The molecular formula is C2H6S4. The van der Waals surface area contributed by atoms with Crippen molar-refractivity contribution in [2.24, 2.45) is 0 Å². The molecule has 0 amide bonds. The van der Waals surface area contributed by atoms with Crippen LogP contribution in [0.4, 0.5) is 0 Å². The zero-order valence-electron chi connectivity index (χ0n) is 3.00. The molecule has 0 saturated heterocycles. The minimum Gasteiger partial charge on any atom is -0.133 e. The SMILES string of the molecule is C=C1[SH]=[SH][SH]=[SH]1. The van der Waals surface area contributed by atoms with E-state index in [1.54, 1.807) is 0 Å². The molecular weight excluding hydrogens is 152 g/mol. The van der Waals surface area contributed by atoms with E-state index in [1.165, 1.54) is 43.6 Å². The van der Waals surface area contributed by atoms with Gasteiger partial charge in [-0.05, 0) is 0 Å². The fourth-order valence-electron chi connectivity index (χ4n) is 0.163. The van der Waals surface area contributed by atoms with E-state index in [9.17, 15) is 0 Å². The fourth-order valence-corrected chi connectivity index (χ4v) is 9.81. The third-order valence-corrected chi connectivity index (χ3v) is 9.34. The summed E-state index contributed by atoms with van der Waals surface area (Å²) in [6.45, 7) is 3.82. The van der Waals surface area contributed by atoms with Gasteiger partial charge < -0.3 is 0 Å². The van der Waals surface area contributed by atoms with Gasteiger partial charge in [0.25, 0.3) is 0 Å². The molecule has 0 saturated carbocycles. The van der Waals surface area contributed by atoms with E-state index in [0.29, 0.717) is 0 Å². The van der Waals surface area contributed by atoms with Gasteiger partial charge in [-0.2, -0.15) is 0 Å². The van der Waals surface area contributed by atoms with Gasteiger partial charge in [-0.25, -0.2) is 0 Å². The van der Waals surface area contributed by atoms with Crippen LogP contribution in [0.3, 0.4) is 0 Å². The third kappa shape index (κ3) is 1.33. The Balaban J connectivity index is 2.86.